The summed E-state index contributed by atoms with van der Waals surface area (Å²) in [6.45, 7) is 2.27. The molecule has 1 saturated heterocycles. The fraction of sp³-hybridized carbons (Fsp3) is 0.562. The minimum atomic E-state index is 0.444. The standard InChI is InChI=1S/C16H21NO/c18-16-7-5-13(6-8-16)12-1-3-14(4-2-12)15-9-10-17-11-15/h1-4,13,15,17H,5-11H2. The Morgan fingerprint density at radius 3 is 2.06 bits per heavy atom. The maximum absolute atomic E-state index is 11.3. The van der Waals surface area contributed by atoms with Crippen LogP contribution in [0.25, 0.3) is 0 Å². The molecule has 1 unspecified atom stereocenters. The second-order valence-electron chi connectivity index (χ2n) is 5.67. The van der Waals surface area contributed by atoms with Crippen LogP contribution in [0.2, 0.25) is 0 Å². The van der Waals surface area contributed by atoms with E-state index < -0.39 is 0 Å². The van der Waals surface area contributed by atoms with Gasteiger partial charge in [-0.3, -0.25) is 4.79 Å². The lowest BCUT2D eigenvalue weighted by Crippen LogP contribution is -2.12. The molecule has 1 atom stereocenters. The van der Waals surface area contributed by atoms with Crippen LogP contribution in [0.5, 0.6) is 0 Å². The van der Waals surface area contributed by atoms with Gasteiger partial charge < -0.3 is 5.32 Å². The van der Waals surface area contributed by atoms with Crippen molar-refractivity contribution in [2.75, 3.05) is 13.1 Å². The lowest BCUT2D eigenvalue weighted by Gasteiger charge is -2.21. The summed E-state index contributed by atoms with van der Waals surface area (Å²) in [5.74, 6) is 1.75. The molecule has 1 aromatic carbocycles. The average Bonchev–Trinajstić information content (AvgIpc) is 2.94. The zero-order valence-corrected chi connectivity index (χ0v) is 10.8. The van der Waals surface area contributed by atoms with Crippen molar-refractivity contribution in [3.05, 3.63) is 35.4 Å². The van der Waals surface area contributed by atoms with Crippen molar-refractivity contribution in [2.24, 2.45) is 0 Å². The zero-order valence-electron chi connectivity index (χ0n) is 10.8. The molecule has 1 N–H and O–H groups in total. The van der Waals surface area contributed by atoms with Gasteiger partial charge in [0.25, 0.3) is 0 Å². The maximum Gasteiger partial charge on any atom is 0.132 e. The van der Waals surface area contributed by atoms with E-state index in [1.165, 1.54) is 17.5 Å². The van der Waals surface area contributed by atoms with Crippen molar-refractivity contribution in [3.8, 4) is 0 Å². The van der Waals surface area contributed by atoms with Crippen LogP contribution in [0, 0.1) is 0 Å². The third-order valence-corrected chi connectivity index (χ3v) is 4.48. The molecule has 0 bridgehead atoms. The molecule has 1 aliphatic heterocycles. The molecule has 2 aliphatic rings. The van der Waals surface area contributed by atoms with Gasteiger partial charge in [0.15, 0.2) is 0 Å². The Kier molecular flexibility index (Phi) is 3.46. The summed E-state index contributed by atoms with van der Waals surface area (Å²) in [5, 5.41) is 3.42. The Balaban J connectivity index is 1.68. The smallest absolute Gasteiger partial charge is 0.132 e. The van der Waals surface area contributed by atoms with Crippen LogP contribution >= 0.6 is 0 Å². The highest BCUT2D eigenvalue weighted by Crippen LogP contribution is 2.32. The average molecular weight is 243 g/mol. The number of hydrogen-bond donors (Lipinski definition) is 1. The van der Waals surface area contributed by atoms with Crippen LogP contribution in [-0.4, -0.2) is 18.9 Å². The van der Waals surface area contributed by atoms with Gasteiger partial charge in [-0.25, -0.2) is 0 Å². The summed E-state index contributed by atoms with van der Waals surface area (Å²) >= 11 is 0. The predicted molar refractivity (Wildman–Crippen MR) is 72.9 cm³/mol. The molecule has 1 heterocycles. The lowest BCUT2D eigenvalue weighted by atomic mass is 9.83. The molecule has 1 aliphatic carbocycles. The van der Waals surface area contributed by atoms with E-state index in [2.05, 4.69) is 29.6 Å². The summed E-state index contributed by atoms with van der Waals surface area (Å²) in [7, 11) is 0. The first-order valence-electron chi connectivity index (χ1n) is 7.15. The number of nitrogens with one attached hydrogen (secondary N) is 1. The first kappa shape index (κ1) is 11.9. The lowest BCUT2D eigenvalue weighted by molar-refractivity contribution is -0.120. The van der Waals surface area contributed by atoms with Gasteiger partial charge in [0.05, 0.1) is 0 Å². The molecule has 2 fully saturated rings. The van der Waals surface area contributed by atoms with Gasteiger partial charge in [-0.2, -0.15) is 0 Å². The SMILES string of the molecule is O=C1CCC(c2ccc(C3CCNC3)cc2)CC1. The van der Waals surface area contributed by atoms with Crippen molar-refractivity contribution in [1.82, 2.24) is 5.32 Å². The van der Waals surface area contributed by atoms with Crippen LogP contribution in [0.1, 0.15) is 55.1 Å². The molecule has 1 saturated carbocycles. The minimum Gasteiger partial charge on any atom is -0.316 e. The summed E-state index contributed by atoms with van der Waals surface area (Å²) in [6.07, 6.45) is 4.90. The number of rotatable bonds is 2. The van der Waals surface area contributed by atoms with Gasteiger partial charge in [0.1, 0.15) is 5.78 Å². The number of benzene rings is 1. The normalized spacial score (nSPS) is 25.6. The van der Waals surface area contributed by atoms with Crippen molar-refractivity contribution in [3.63, 3.8) is 0 Å². The Morgan fingerprint density at radius 1 is 0.889 bits per heavy atom. The summed E-state index contributed by atoms with van der Waals surface area (Å²) in [5.41, 5.74) is 2.90. The van der Waals surface area contributed by atoms with E-state index in [1.54, 1.807) is 0 Å². The van der Waals surface area contributed by atoms with Gasteiger partial charge in [0.2, 0.25) is 0 Å². The van der Waals surface area contributed by atoms with Crippen molar-refractivity contribution in [2.45, 2.75) is 43.9 Å². The summed E-state index contributed by atoms with van der Waals surface area (Å²) in [6, 6.07) is 9.16. The molecule has 1 aromatic rings. The number of hydrogen-bond acceptors (Lipinski definition) is 2. The van der Waals surface area contributed by atoms with Crippen molar-refractivity contribution in [1.29, 1.82) is 0 Å². The largest absolute Gasteiger partial charge is 0.316 e. The molecule has 0 spiro atoms. The first-order chi connectivity index (χ1) is 8.83. The molecule has 0 radical (unpaired) electrons. The molecule has 2 heteroatoms. The monoisotopic (exact) mass is 243 g/mol. The van der Waals surface area contributed by atoms with Crippen molar-refractivity contribution < 1.29 is 4.79 Å². The predicted octanol–water partition coefficient (Wildman–Crippen LogP) is 2.99. The zero-order chi connectivity index (χ0) is 12.4. The summed E-state index contributed by atoms with van der Waals surface area (Å²) < 4.78 is 0. The summed E-state index contributed by atoms with van der Waals surface area (Å²) in [4.78, 5) is 11.3. The molecule has 18 heavy (non-hydrogen) atoms. The second kappa shape index (κ2) is 5.23. The molecule has 0 aromatic heterocycles. The van der Waals surface area contributed by atoms with Crippen molar-refractivity contribution >= 4 is 5.78 Å². The van der Waals surface area contributed by atoms with Crippen LogP contribution in [0.3, 0.4) is 0 Å². The van der Waals surface area contributed by atoms with E-state index in [4.69, 9.17) is 0 Å². The fourth-order valence-corrected chi connectivity index (χ4v) is 3.25. The van der Waals surface area contributed by atoms with Gasteiger partial charge in [-0.05, 0) is 48.8 Å². The van der Waals surface area contributed by atoms with Crippen LogP contribution in [-0.2, 0) is 4.79 Å². The van der Waals surface area contributed by atoms with Gasteiger partial charge >= 0.3 is 0 Å². The van der Waals surface area contributed by atoms with E-state index >= 15 is 0 Å². The van der Waals surface area contributed by atoms with E-state index in [9.17, 15) is 4.79 Å². The highest BCUT2D eigenvalue weighted by molar-refractivity contribution is 5.79. The quantitative estimate of drug-likeness (QED) is 0.865. The number of carbonyl (C=O) groups is 1. The van der Waals surface area contributed by atoms with Gasteiger partial charge in [0, 0.05) is 19.4 Å². The Hall–Kier alpha value is -1.15. The van der Waals surface area contributed by atoms with Gasteiger partial charge in [-0.1, -0.05) is 24.3 Å². The van der Waals surface area contributed by atoms with E-state index in [1.807, 2.05) is 0 Å². The van der Waals surface area contributed by atoms with Crippen LogP contribution in [0.4, 0.5) is 0 Å². The molecule has 2 nitrogen and oxygen atoms in total. The third kappa shape index (κ3) is 2.49. The third-order valence-electron chi connectivity index (χ3n) is 4.48. The Morgan fingerprint density at radius 2 is 1.50 bits per heavy atom. The minimum absolute atomic E-state index is 0.444. The highest BCUT2D eigenvalue weighted by Gasteiger charge is 2.21. The van der Waals surface area contributed by atoms with E-state index in [0.29, 0.717) is 17.6 Å². The van der Waals surface area contributed by atoms with E-state index in [0.717, 1.165) is 38.8 Å². The molecule has 3 rings (SSSR count). The molecular formula is C16H21NO. The Bertz CT molecular complexity index is 407. The molecular weight excluding hydrogens is 222 g/mol. The number of Topliss-reactive ketones (excluding diaryl/α,β-unsaturated/α-hetero) is 1. The van der Waals surface area contributed by atoms with E-state index in [-0.39, 0.29) is 0 Å². The topological polar surface area (TPSA) is 29.1 Å². The fourth-order valence-electron chi connectivity index (χ4n) is 3.25. The molecule has 0 amide bonds. The highest BCUT2D eigenvalue weighted by atomic mass is 16.1. The van der Waals surface area contributed by atoms with Crippen LogP contribution < -0.4 is 5.32 Å². The van der Waals surface area contributed by atoms with Gasteiger partial charge in [-0.15, -0.1) is 0 Å². The number of ketones is 1. The first-order valence-corrected chi connectivity index (χ1v) is 7.15. The Labute approximate surface area is 109 Å². The second-order valence-corrected chi connectivity index (χ2v) is 5.67. The molecule has 96 valence electrons. The van der Waals surface area contributed by atoms with Crippen LogP contribution in [0.15, 0.2) is 24.3 Å². The number of carbonyl (C=O) groups excluding carboxylic acids is 1. The maximum atomic E-state index is 11.3.